The van der Waals surface area contributed by atoms with Gasteiger partial charge >= 0.3 is 5.97 Å². The van der Waals surface area contributed by atoms with Gasteiger partial charge in [0.15, 0.2) is 23.0 Å². The Hall–Kier alpha value is -3.55. The molecule has 0 N–H and O–H groups in total. The monoisotopic (exact) mass is 359 g/mol. The topological polar surface area (TPSA) is 97.1 Å². The van der Waals surface area contributed by atoms with E-state index >= 15 is 0 Å². The molecule has 0 amide bonds. The molecular formula is C18H17NO7. The highest BCUT2D eigenvalue weighted by molar-refractivity contribution is 5.92. The van der Waals surface area contributed by atoms with Gasteiger partial charge in [-0.3, -0.25) is 10.1 Å². The summed E-state index contributed by atoms with van der Waals surface area (Å²) >= 11 is 0. The number of hydrogen-bond acceptors (Lipinski definition) is 7. The van der Waals surface area contributed by atoms with Crippen LogP contribution in [0.1, 0.15) is 15.9 Å². The van der Waals surface area contributed by atoms with Gasteiger partial charge in [-0.05, 0) is 35.9 Å². The van der Waals surface area contributed by atoms with Crippen LogP contribution >= 0.6 is 0 Å². The Bertz CT molecular complexity index is 845. The van der Waals surface area contributed by atoms with E-state index in [1.165, 1.54) is 45.6 Å². The number of nitrogens with zero attached hydrogens (tertiary/aromatic N) is 1. The van der Waals surface area contributed by atoms with E-state index in [4.69, 9.17) is 18.9 Å². The molecule has 8 heteroatoms. The van der Waals surface area contributed by atoms with E-state index in [1.807, 2.05) is 0 Å². The average Bonchev–Trinajstić information content (AvgIpc) is 2.66. The van der Waals surface area contributed by atoms with Gasteiger partial charge in [-0.25, -0.2) is 4.79 Å². The smallest absolute Gasteiger partial charge is 0.343 e. The van der Waals surface area contributed by atoms with Crippen molar-refractivity contribution in [2.45, 2.75) is 0 Å². The van der Waals surface area contributed by atoms with Gasteiger partial charge in [-0.2, -0.15) is 0 Å². The van der Waals surface area contributed by atoms with Gasteiger partial charge in [0.05, 0.1) is 31.8 Å². The normalized spacial score (nSPS) is 10.4. The molecule has 0 atom stereocenters. The fourth-order valence-corrected chi connectivity index (χ4v) is 2.14. The molecule has 0 saturated heterocycles. The minimum absolute atomic E-state index is 0.186. The van der Waals surface area contributed by atoms with Gasteiger partial charge in [-0.1, -0.05) is 6.07 Å². The number of hydrogen-bond donors (Lipinski definition) is 0. The van der Waals surface area contributed by atoms with E-state index in [0.29, 0.717) is 17.1 Å². The lowest BCUT2D eigenvalue weighted by atomic mass is 10.2. The first-order valence-electron chi connectivity index (χ1n) is 7.42. The van der Waals surface area contributed by atoms with Crippen LogP contribution in [0.5, 0.6) is 23.0 Å². The molecule has 0 aliphatic rings. The van der Waals surface area contributed by atoms with E-state index in [0.717, 1.165) is 6.20 Å². The van der Waals surface area contributed by atoms with Crippen molar-refractivity contribution in [1.82, 2.24) is 0 Å². The Morgan fingerprint density at radius 1 is 0.923 bits per heavy atom. The minimum atomic E-state index is -0.613. The van der Waals surface area contributed by atoms with Crippen molar-refractivity contribution in [1.29, 1.82) is 0 Å². The molecule has 0 aliphatic heterocycles. The zero-order valence-corrected chi connectivity index (χ0v) is 14.4. The highest BCUT2D eigenvalue weighted by atomic mass is 16.6. The molecule has 0 fully saturated rings. The fraction of sp³-hybridized carbons (Fsp3) is 0.167. The van der Waals surface area contributed by atoms with Crippen LogP contribution in [0.15, 0.2) is 42.6 Å². The summed E-state index contributed by atoms with van der Waals surface area (Å²) in [5.74, 6) is 0.727. The first-order chi connectivity index (χ1) is 12.5. The second-order valence-electron chi connectivity index (χ2n) is 4.97. The number of ether oxygens (including phenoxy) is 4. The third-order valence-corrected chi connectivity index (χ3v) is 3.40. The van der Waals surface area contributed by atoms with E-state index in [2.05, 4.69) is 0 Å². The molecule has 8 nitrogen and oxygen atoms in total. The summed E-state index contributed by atoms with van der Waals surface area (Å²) in [5, 5.41) is 10.4. The summed E-state index contributed by atoms with van der Waals surface area (Å²) in [6, 6.07) is 9.23. The highest BCUT2D eigenvalue weighted by Crippen LogP contribution is 2.31. The second-order valence-corrected chi connectivity index (χ2v) is 4.97. The van der Waals surface area contributed by atoms with Gasteiger partial charge in [0, 0.05) is 6.08 Å². The van der Waals surface area contributed by atoms with Crippen molar-refractivity contribution in [3.05, 3.63) is 63.8 Å². The summed E-state index contributed by atoms with van der Waals surface area (Å²) in [5.41, 5.74) is 0.798. The molecule has 2 rings (SSSR count). The van der Waals surface area contributed by atoms with Gasteiger partial charge in [0.25, 0.3) is 0 Å². The number of methoxy groups -OCH3 is 3. The lowest BCUT2D eigenvalue weighted by molar-refractivity contribution is -0.400. The Morgan fingerprint density at radius 3 is 2.15 bits per heavy atom. The summed E-state index contributed by atoms with van der Waals surface area (Å²) in [6.07, 6.45) is 2.12. The van der Waals surface area contributed by atoms with Gasteiger partial charge in [-0.15, -0.1) is 0 Å². The zero-order valence-electron chi connectivity index (χ0n) is 14.4. The molecule has 0 unspecified atom stereocenters. The number of carbonyl (C=O) groups excluding carboxylic acids is 1. The first-order valence-corrected chi connectivity index (χ1v) is 7.42. The molecular weight excluding hydrogens is 342 g/mol. The van der Waals surface area contributed by atoms with Crippen LogP contribution in [0.4, 0.5) is 0 Å². The van der Waals surface area contributed by atoms with Crippen LogP contribution in [0.25, 0.3) is 6.08 Å². The van der Waals surface area contributed by atoms with E-state index in [-0.39, 0.29) is 17.1 Å². The quantitative estimate of drug-likeness (QED) is 0.324. The minimum Gasteiger partial charge on any atom is -0.493 e. The average molecular weight is 359 g/mol. The Balaban J connectivity index is 2.24. The summed E-state index contributed by atoms with van der Waals surface area (Å²) in [4.78, 5) is 22.2. The molecule has 0 saturated carbocycles. The number of nitro groups is 1. The van der Waals surface area contributed by atoms with E-state index in [9.17, 15) is 14.9 Å². The Kier molecular flexibility index (Phi) is 6.15. The predicted molar refractivity (Wildman–Crippen MR) is 93.5 cm³/mol. The molecule has 0 aliphatic carbocycles. The lowest BCUT2D eigenvalue weighted by Gasteiger charge is -2.11. The predicted octanol–water partition coefficient (Wildman–Crippen LogP) is 3.18. The largest absolute Gasteiger partial charge is 0.493 e. The maximum absolute atomic E-state index is 12.4. The number of rotatable bonds is 7. The molecule has 136 valence electrons. The standard InChI is InChI=1S/C18H17NO7/c1-23-14-7-5-13(11-17(14)25-3)18(20)26-15-6-4-12(8-9-19(21)22)10-16(15)24-2/h4-11H,1-3H3/b9-8+. The van der Waals surface area contributed by atoms with Crippen LogP contribution in [-0.2, 0) is 0 Å². The summed E-state index contributed by atoms with van der Waals surface area (Å²) in [6.45, 7) is 0. The van der Waals surface area contributed by atoms with Crippen LogP contribution in [0.3, 0.4) is 0 Å². The van der Waals surface area contributed by atoms with Crippen LogP contribution in [-0.4, -0.2) is 32.2 Å². The van der Waals surface area contributed by atoms with Crippen molar-refractivity contribution in [3.8, 4) is 23.0 Å². The lowest BCUT2D eigenvalue weighted by Crippen LogP contribution is -2.09. The Morgan fingerprint density at radius 2 is 1.54 bits per heavy atom. The SMILES string of the molecule is COc1ccc(C(=O)Oc2ccc(/C=C/[N+](=O)[O-])cc2OC)cc1OC. The molecule has 0 spiro atoms. The molecule has 26 heavy (non-hydrogen) atoms. The molecule has 0 bridgehead atoms. The number of esters is 1. The maximum atomic E-state index is 12.4. The van der Waals surface area contributed by atoms with E-state index < -0.39 is 10.9 Å². The molecule has 2 aromatic rings. The second kappa shape index (κ2) is 8.52. The third kappa shape index (κ3) is 4.50. The number of benzene rings is 2. The highest BCUT2D eigenvalue weighted by Gasteiger charge is 2.15. The van der Waals surface area contributed by atoms with Crippen molar-refractivity contribution in [2.24, 2.45) is 0 Å². The number of carbonyl (C=O) groups is 1. The Labute approximate surface area is 149 Å². The first kappa shape index (κ1) is 18.8. The van der Waals surface area contributed by atoms with E-state index in [1.54, 1.807) is 18.2 Å². The summed E-state index contributed by atoms with van der Waals surface area (Å²) in [7, 11) is 4.37. The fourth-order valence-electron chi connectivity index (χ4n) is 2.14. The van der Waals surface area contributed by atoms with Gasteiger partial charge in [0.2, 0.25) is 6.20 Å². The van der Waals surface area contributed by atoms with Crippen molar-refractivity contribution >= 4 is 12.0 Å². The molecule has 0 heterocycles. The zero-order chi connectivity index (χ0) is 19.1. The molecule has 0 radical (unpaired) electrons. The van der Waals surface area contributed by atoms with Crippen LogP contribution in [0.2, 0.25) is 0 Å². The van der Waals surface area contributed by atoms with Crippen molar-refractivity contribution < 1.29 is 28.7 Å². The molecule has 0 aromatic heterocycles. The van der Waals surface area contributed by atoms with Crippen molar-refractivity contribution in [3.63, 3.8) is 0 Å². The summed E-state index contributed by atoms with van der Waals surface area (Å²) < 4.78 is 20.8. The van der Waals surface area contributed by atoms with Gasteiger partial charge in [0.1, 0.15) is 0 Å². The van der Waals surface area contributed by atoms with Gasteiger partial charge < -0.3 is 18.9 Å². The van der Waals surface area contributed by atoms with Crippen molar-refractivity contribution in [2.75, 3.05) is 21.3 Å². The van der Waals surface area contributed by atoms with Crippen LogP contribution < -0.4 is 18.9 Å². The third-order valence-electron chi connectivity index (χ3n) is 3.40. The maximum Gasteiger partial charge on any atom is 0.343 e. The van der Waals surface area contributed by atoms with Crippen LogP contribution in [0, 0.1) is 10.1 Å². The molecule has 2 aromatic carbocycles.